The van der Waals surface area contributed by atoms with E-state index in [1.807, 2.05) is 24.4 Å². The van der Waals surface area contributed by atoms with Crippen molar-refractivity contribution in [2.75, 3.05) is 37.4 Å². The number of aliphatic hydroxyl groups excluding tert-OH is 1. The van der Waals surface area contributed by atoms with Crippen LogP contribution in [0.3, 0.4) is 0 Å². The second kappa shape index (κ2) is 13.5. The first kappa shape index (κ1) is 31.7. The Bertz CT molecular complexity index is 1650. The Morgan fingerprint density at radius 3 is 2.58 bits per heavy atom. The zero-order valence-electron chi connectivity index (χ0n) is 25.7. The summed E-state index contributed by atoms with van der Waals surface area (Å²) >= 11 is 1.51. The molecule has 236 valence electrons. The summed E-state index contributed by atoms with van der Waals surface area (Å²) in [5.74, 6) is -0.281. The van der Waals surface area contributed by atoms with E-state index < -0.39 is 12.1 Å². The van der Waals surface area contributed by atoms with Crippen LogP contribution in [0.1, 0.15) is 46.0 Å². The van der Waals surface area contributed by atoms with Crippen LogP contribution >= 0.6 is 11.3 Å². The summed E-state index contributed by atoms with van der Waals surface area (Å²) in [5, 5.41) is 22.4. The summed E-state index contributed by atoms with van der Waals surface area (Å²) in [6.07, 6.45) is 1.14. The highest BCUT2D eigenvalue weighted by Crippen LogP contribution is 2.35. The lowest BCUT2D eigenvalue weighted by Gasteiger charge is -2.38. The molecule has 1 aliphatic rings. The number of anilines is 2. The lowest BCUT2D eigenvalue weighted by atomic mass is 9.99. The van der Waals surface area contributed by atoms with Crippen molar-refractivity contribution in [1.29, 1.82) is 0 Å². The van der Waals surface area contributed by atoms with Crippen LogP contribution in [0.15, 0.2) is 58.6 Å². The van der Waals surface area contributed by atoms with Crippen LogP contribution in [0.25, 0.3) is 10.6 Å². The summed E-state index contributed by atoms with van der Waals surface area (Å²) < 4.78 is 11.7. The van der Waals surface area contributed by atoms with Crippen molar-refractivity contribution in [3.05, 3.63) is 76.6 Å². The summed E-state index contributed by atoms with van der Waals surface area (Å²) in [6.45, 7) is 7.36. The Hall–Kier alpha value is -4.75. The molecular weight excluding hydrogens is 596 g/mol. The van der Waals surface area contributed by atoms with Crippen LogP contribution in [0.2, 0.25) is 0 Å². The van der Waals surface area contributed by atoms with Crippen molar-refractivity contribution in [2.45, 2.75) is 39.8 Å². The molecule has 13 heteroatoms. The predicted molar refractivity (Wildman–Crippen MR) is 171 cm³/mol. The highest BCUT2D eigenvalue weighted by molar-refractivity contribution is 7.13. The van der Waals surface area contributed by atoms with Gasteiger partial charge in [-0.05, 0) is 45.0 Å². The van der Waals surface area contributed by atoms with E-state index in [1.165, 1.54) is 16.2 Å². The van der Waals surface area contributed by atoms with Gasteiger partial charge in [0.05, 0.1) is 30.4 Å². The Morgan fingerprint density at radius 2 is 1.93 bits per heavy atom. The zero-order chi connectivity index (χ0) is 32.2. The van der Waals surface area contributed by atoms with Crippen LogP contribution in [0, 0.1) is 19.8 Å². The van der Waals surface area contributed by atoms with E-state index in [0.29, 0.717) is 28.4 Å². The normalized spacial score (nSPS) is 17.0. The second-order valence-corrected chi connectivity index (χ2v) is 12.1. The lowest BCUT2D eigenvalue weighted by Crippen LogP contribution is -2.50. The Kier molecular flexibility index (Phi) is 9.49. The van der Waals surface area contributed by atoms with Gasteiger partial charge in [0.15, 0.2) is 11.5 Å². The van der Waals surface area contributed by atoms with E-state index in [1.54, 1.807) is 69.2 Å². The number of carbonyl (C=O) groups excluding carboxylic acids is 3. The molecule has 0 bridgehead atoms. The average Bonchev–Trinajstić information content (AvgIpc) is 3.69. The van der Waals surface area contributed by atoms with Crippen LogP contribution in [-0.4, -0.2) is 81.8 Å². The molecule has 2 aromatic carbocycles. The monoisotopic (exact) mass is 632 g/mol. The van der Waals surface area contributed by atoms with Gasteiger partial charge in [-0.1, -0.05) is 30.3 Å². The molecule has 1 aliphatic heterocycles. The topological polar surface area (TPSA) is 150 Å². The lowest BCUT2D eigenvalue weighted by molar-refractivity contribution is 0.0372. The molecule has 2 aromatic heterocycles. The SMILES string of the molecule is Cc1noc(C)c1NC(=O)N(C)C[C@H]1Oc2c(NC(=O)c3ccc(-c4nccs4)cc3)cccc2C(=O)N([C@H](C)CO)C[C@H]1C. The Labute approximate surface area is 265 Å². The molecule has 0 fully saturated rings. The number of aryl methyl sites for hydroxylation is 2. The average molecular weight is 633 g/mol. The van der Waals surface area contributed by atoms with Crippen molar-refractivity contribution in [2.24, 2.45) is 5.92 Å². The quantitative estimate of drug-likeness (QED) is 0.244. The number of para-hydroxylation sites is 1. The number of aliphatic hydroxyl groups is 1. The number of carbonyl (C=O) groups is 3. The third-order valence-electron chi connectivity index (χ3n) is 7.83. The van der Waals surface area contributed by atoms with Crippen molar-refractivity contribution in [3.8, 4) is 16.3 Å². The first-order chi connectivity index (χ1) is 21.6. The van der Waals surface area contributed by atoms with Gasteiger partial charge >= 0.3 is 6.03 Å². The molecule has 0 aliphatic carbocycles. The number of ether oxygens (including phenoxy) is 1. The number of benzene rings is 2. The van der Waals surface area contributed by atoms with Crippen molar-refractivity contribution in [3.63, 3.8) is 0 Å². The maximum Gasteiger partial charge on any atom is 0.321 e. The first-order valence-electron chi connectivity index (χ1n) is 14.5. The van der Waals surface area contributed by atoms with Crippen LogP contribution < -0.4 is 15.4 Å². The molecule has 4 aromatic rings. The molecule has 4 amide bonds. The number of nitrogens with zero attached hydrogens (tertiary/aromatic N) is 4. The van der Waals surface area contributed by atoms with Gasteiger partial charge in [-0.15, -0.1) is 11.3 Å². The van der Waals surface area contributed by atoms with Crippen molar-refractivity contribution in [1.82, 2.24) is 19.9 Å². The smallest absolute Gasteiger partial charge is 0.321 e. The second-order valence-electron chi connectivity index (χ2n) is 11.2. The minimum atomic E-state index is -0.582. The fraction of sp³-hybridized carbons (Fsp3) is 0.344. The van der Waals surface area contributed by atoms with Gasteiger partial charge in [0.25, 0.3) is 11.8 Å². The molecule has 3 N–H and O–H groups in total. The third-order valence-corrected chi connectivity index (χ3v) is 8.65. The number of likely N-dealkylation sites (N-methyl/N-ethyl adjacent to an activating group) is 1. The molecule has 0 unspecified atom stereocenters. The fourth-order valence-electron chi connectivity index (χ4n) is 5.10. The van der Waals surface area contributed by atoms with E-state index in [-0.39, 0.29) is 54.8 Å². The molecule has 12 nitrogen and oxygen atoms in total. The molecule has 5 rings (SSSR count). The van der Waals surface area contributed by atoms with Crippen LogP contribution in [0.4, 0.5) is 16.2 Å². The largest absolute Gasteiger partial charge is 0.485 e. The molecule has 0 saturated heterocycles. The summed E-state index contributed by atoms with van der Waals surface area (Å²) in [4.78, 5) is 47.8. The van der Waals surface area contributed by atoms with E-state index >= 15 is 0 Å². The molecule has 3 heterocycles. The minimum absolute atomic E-state index is 0.159. The molecular formula is C32H36N6O6S. The number of amides is 4. The standard InChI is InChI=1S/C32H36N6O6S/c1-18-15-38(19(2)17-39)31(41)24-7-6-8-25(34-29(40)22-9-11-23(12-10-22)30-33-13-14-45-30)28(24)43-26(18)16-37(5)32(42)35-27-20(3)36-44-21(27)4/h6-14,18-19,26,39H,15-17H2,1-5H3,(H,34,40)(H,35,42)/t18-,19-,26-/m1/s1. The zero-order valence-corrected chi connectivity index (χ0v) is 26.6. The summed E-state index contributed by atoms with van der Waals surface area (Å²) in [6, 6.07) is 11.2. The van der Waals surface area contributed by atoms with Crippen molar-refractivity contribution < 1.29 is 28.8 Å². The van der Waals surface area contributed by atoms with Gasteiger partial charge in [-0.2, -0.15) is 0 Å². The van der Waals surface area contributed by atoms with E-state index in [4.69, 9.17) is 9.26 Å². The van der Waals surface area contributed by atoms with E-state index in [9.17, 15) is 19.5 Å². The summed E-state index contributed by atoms with van der Waals surface area (Å²) in [7, 11) is 1.64. The number of aromatic nitrogens is 2. The first-order valence-corrected chi connectivity index (χ1v) is 15.4. The van der Waals surface area contributed by atoms with Crippen molar-refractivity contribution >= 4 is 40.6 Å². The predicted octanol–water partition coefficient (Wildman–Crippen LogP) is 5.05. The Balaban J connectivity index is 1.43. The number of hydrogen-bond donors (Lipinski definition) is 3. The number of hydrogen-bond acceptors (Lipinski definition) is 9. The Morgan fingerprint density at radius 1 is 1.18 bits per heavy atom. The maximum absolute atomic E-state index is 13.8. The van der Waals surface area contributed by atoms with Gasteiger partial charge in [-0.3, -0.25) is 9.59 Å². The number of rotatable bonds is 8. The number of nitrogens with one attached hydrogen (secondary N) is 2. The van der Waals surface area contributed by atoms with Gasteiger partial charge in [-0.25, -0.2) is 9.78 Å². The van der Waals surface area contributed by atoms with Gasteiger partial charge < -0.3 is 34.8 Å². The van der Waals surface area contributed by atoms with Gasteiger partial charge in [0.1, 0.15) is 22.5 Å². The third kappa shape index (κ3) is 6.84. The van der Waals surface area contributed by atoms with E-state index in [0.717, 1.165) is 10.6 Å². The molecule has 0 radical (unpaired) electrons. The number of fused-ring (bicyclic) bond motifs is 1. The molecule has 0 saturated carbocycles. The minimum Gasteiger partial charge on any atom is -0.485 e. The summed E-state index contributed by atoms with van der Waals surface area (Å²) in [5.41, 5.74) is 2.94. The van der Waals surface area contributed by atoms with Crippen LogP contribution in [-0.2, 0) is 0 Å². The van der Waals surface area contributed by atoms with Crippen LogP contribution in [0.5, 0.6) is 5.75 Å². The van der Waals surface area contributed by atoms with Gasteiger partial charge in [0.2, 0.25) is 0 Å². The highest BCUT2D eigenvalue weighted by atomic mass is 32.1. The molecule has 45 heavy (non-hydrogen) atoms. The maximum atomic E-state index is 13.8. The molecule has 0 spiro atoms. The fourth-order valence-corrected chi connectivity index (χ4v) is 5.75. The van der Waals surface area contributed by atoms with E-state index in [2.05, 4.69) is 20.8 Å². The number of thiazole rings is 1. The highest BCUT2D eigenvalue weighted by Gasteiger charge is 2.35. The number of urea groups is 1. The van der Waals surface area contributed by atoms with Gasteiger partial charge in [0, 0.05) is 42.2 Å². The molecule has 3 atom stereocenters.